The molecule has 1 aliphatic rings. The number of halogens is 1. The van der Waals surface area contributed by atoms with Gasteiger partial charge in [0.1, 0.15) is 0 Å². The van der Waals surface area contributed by atoms with E-state index in [2.05, 4.69) is 36.1 Å². The van der Waals surface area contributed by atoms with Gasteiger partial charge in [-0.25, -0.2) is 0 Å². The van der Waals surface area contributed by atoms with Crippen molar-refractivity contribution in [3.8, 4) is 0 Å². The Labute approximate surface area is 174 Å². The lowest BCUT2D eigenvalue weighted by Gasteiger charge is -2.32. The molecule has 0 radical (unpaired) electrons. The van der Waals surface area contributed by atoms with Crippen molar-refractivity contribution >= 4 is 30.1 Å². The maximum absolute atomic E-state index is 10.7. The van der Waals surface area contributed by atoms with E-state index in [1.807, 2.05) is 11.8 Å². The molecule has 1 heterocycles. The molecule has 4 nitrogen and oxygen atoms in total. The molecule has 0 spiro atoms. The lowest BCUT2D eigenvalue weighted by molar-refractivity contribution is -0.137. The van der Waals surface area contributed by atoms with Gasteiger partial charge in [0.15, 0.2) is 0 Å². The summed E-state index contributed by atoms with van der Waals surface area (Å²) in [4.78, 5) is 14.2. The smallest absolute Gasteiger partial charge is 0.304 e. The van der Waals surface area contributed by atoms with Crippen LogP contribution in [0.25, 0.3) is 0 Å². The van der Waals surface area contributed by atoms with Crippen LogP contribution in [0.2, 0.25) is 0 Å². The van der Waals surface area contributed by atoms with Crippen LogP contribution in [0.15, 0.2) is 29.2 Å². The number of hydrogen-bond donors (Lipinski definition) is 1. The quantitative estimate of drug-likeness (QED) is 0.365. The highest BCUT2D eigenvalue weighted by atomic mass is 35.5. The summed E-state index contributed by atoms with van der Waals surface area (Å²) in [6.45, 7) is 5.11. The average molecular weight is 416 g/mol. The van der Waals surface area contributed by atoms with Crippen LogP contribution in [0, 0.1) is 0 Å². The normalized spacial score (nSPS) is 17.4. The van der Waals surface area contributed by atoms with Gasteiger partial charge in [-0.1, -0.05) is 51.2 Å². The molecule has 1 fully saturated rings. The highest BCUT2D eigenvalue weighted by Crippen LogP contribution is 2.26. The van der Waals surface area contributed by atoms with Crippen LogP contribution in [0.3, 0.4) is 0 Å². The number of ether oxygens (including phenoxy) is 1. The minimum Gasteiger partial charge on any atom is -0.481 e. The van der Waals surface area contributed by atoms with Gasteiger partial charge < -0.3 is 9.84 Å². The van der Waals surface area contributed by atoms with Gasteiger partial charge in [0.25, 0.3) is 0 Å². The largest absolute Gasteiger partial charge is 0.481 e. The molecule has 1 aromatic rings. The Balaban J connectivity index is 0.00000364. The second-order valence-electron chi connectivity index (χ2n) is 6.99. The highest BCUT2D eigenvalue weighted by molar-refractivity contribution is 7.99. The van der Waals surface area contributed by atoms with E-state index in [0.717, 1.165) is 13.1 Å². The van der Waals surface area contributed by atoms with Gasteiger partial charge in [-0.2, -0.15) is 0 Å². The highest BCUT2D eigenvalue weighted by Gasteiger charge is 2.22. The zero-order chi connectivity index (χ0) is 18.6. The Morgan fingerprint density at radius 2 is 1.89 bits per heavy atom. The van der Waals surface area contributed by atoms with Gasteiger partial charge in [0, 0.05) is 24.5 Å². The van der Waals surface area contributed by atoms with Gasteiger partial charge >= 0.3 is 5.97 Å². The molecule has 1 aromatic carbocycles. The molecule has 1 aliphatic heterocycles. The zero-order valence-corrected chi connectivity index (χ0v) is 18.0. The van der Waals surface area contributed by atoms with Gasteiger partial charge in [-0.15, -0.1) is 24.2 Å². The number of carbonyl (C=O) groups is 1. The van der Waals surface area contributed by atoms with E-state index >= 15 is 0 Å². The second kappa shape index (κ2) is 14.3. The summed E-state index contributed by atoms with van der Waals surface area (Å²) in [5.74, 6) is 0.453. The molecule has 154 valence electrons. The van der Waals surface area contributed by atoms with Crippen LogP contribution in [0.5, 0.6) is 0 Å². The molecule has 2 rings (SSSR count). The predicted octanol–water partition coefficient (Wildman–Crippen LogP) is 5.41. The molecule has 1 atom stereocenters. The van der Waals surface area contributed by atoms with Crippen molar-refractivity contribution in [3.63, 3.8) is 0 Å². The first kappa shape index (κ1) is 24.3. The van der Waals surface area contributed by atoms with Crippen molar-refractivity contribution in [1.82, 2.24) is 4.90 Å². The minimum absolute atomic E-state index is 0. The Kier molecular flexibility index (Phi) is 12.8. The molecule has 0 aliphatic carbocycles. The fourth-order valence-corrected chi connectivity index (χ4v) is 4.12. The molecule has 27 heavy (non-hydrogen) atoms. The minimum atomic E-state index is -0.736. The monoisotopic (exact) mass is 415 g/mol. The predicted molar refractivity (Wildman–Crippen MR) is 115 cm³/mol. The molecule has 1 N–H and O–H groups in total. The summed E-state index contributed by atoms with van der Waals surface area (Å²) in [5.41, 5.74) is 1.19. The van der Waals surface area contributed by atoms with Crippen LogP contribution >= 0.6 is 24.2 Å². The maximum Gasteiger partial charge on any atom is 0.304 e. The summed E-state index contributed by atoms with van der Waals surface area (Å²) in [6, 6.07) is 8.71. The van der Waals surface area contributed by atoms with Gasteiger partial charge in [-0.3, -0.25) is 9.69 Å². The van der Waals surface area contributed by atoms with E-state index in [9.17, 15) is 4.79 Å². The molecule has 0 bridgehead atoms. The zero-order valence-electron chi connectivity index (χ0n) is 16.4. The molecule has 1 unspecified atom stereocenters. The number of benzene rings is 1. The Hall–Kier alpha value is -0.750. The molecule has 1 saturated heterocycles. The number of carboxylic acids is 1. The van der Waals surface area contributed by atoms with Crippen LogP contribution in [-0.2, 0) is 9.53 Å². The summed E-state index contributed by atoms with van der Waals surface area (Å²) >= 11 is 1.93. The van der Waals surface area contributed by atoms with E-state index < -0.39 is 5.97 Å². The summed E-state index contributed by atoms with van der Waals surface area (Å²) in [7, 11) is 0. The van der Waals surface area contributed by atoms with E-state index in [-0.39, 0.29) is 24.9 Å². The van der Waals surface area contributed by atoms with Crippen molar-refractivity contribution < 1.29 is 14.6 Å². The number of thioether (sulfide) groups is 1. The molecule has 6 heteroatoms. The van der Waals surface area contributed by atoms with E-state index in [4.69, 9.17) is 9.84 Å². The number of morpholine rings is 1. The fraction of sp³-hybridized carbons (Fsp3) is 0.667. The Bertz CT molecular complexity index is 527. The number of nitrogens with zero attached hydrogens (tertiary/aromatic N) is 1. The number of carboxylic acid groups (broad SMARTS) is 1. The first-order valence-electron chi connectivity index (χ1n) is 9.97. The van der Waals surface area contributed by atoms with Crippen molar-refractivity contribution in [1.29, 1.82) is 0 Å². The number of rotatable bonds is 12. The first-order valence-corrected chi connectivity index (χ1v) is 11.0. The van der Waals surface area contributed by atoms with Crippen LogP contribution in [0.4, 0.5) is 0 Å². The third kappa shape index (κ3) is 9.84. The lowest BCUT2D eigenvalue weighted by Crippen LogP contribution is -2.39. The van der Waals surface area contributed by atoms with Gasteiger partial charge in [0.05, 0.1) is 19.1 Å². The number of hydrogen-bond acceptors (Lipinski definition) is 4. The van der Waals surface area contributed by atoms with Crippen molar-refractivity contribution in [2.45, 2.75) is 62.9 Å². The van der Waals surface area contributed by atoms with Gasteiger partial charge in [0.2, 0.25) is 0 Å². The van der Waals surface area contributed by atoms with E-state index in [1.165, 1.54) is 54.7 Å². The number of aliphatic carboxylic acids is 1. The molecule has 0 saturated carbocycles. The van der Waals surface area contributed by atoms with Crippen LogP contribution in [0.1, 0.15) is 63.5 Å². The van der Waals surface area contributed by atoms with Crippen LogP contribution in [-0.4, -0.2) is 48.0 Å². The van der Waals surface area contributed by atoms with Crippen molar-refractivity contribution in [2.75, 3.05) is 32.0 Å². The Morgan fingerprint density at radius 1 is 1.19 bits per heavy atom. The van der Waals surface area contributed by atoms with Crippen molar-refractivity contribution in [2.24, 2.45) is 0 Å². The standard InChI is InChI=1S/C21H33NO3S.ClH/c1-2-3-4-5-6-7-16-26-19-10-8-18(9-11-19)20-17-22(14-15-25-20)13-12-21(23)24;/h8-11,20H,2-7,12-17H2,1H3,(H,23,24);1H. The summed E-state index contributed by atoms with van der Waals surface area (Å²) < 4.78 is 5.89. The molecule has 0 aromatic heterocycles. The second-order valence-corrected chi connectivity index (χ2v) is 8.16. The van der Waals surface area contributed by atoms with E-state index in [0.29, 0.717) is 13.2 Å². The molecule has 0 amide bonds. The third-order valence-corrected chi connectivity index (χ3v) is 5.91. The van der Waals surface area contributed by atoms with Gasteiger partial charge in [-0.05, 0) is 29.9 Å². The summed E-state index contributed by atoms with van der Waals surface area (Å²) in [5, 5.41) is 8.84. The SMILES string of the molecule is CCCCCCCCSc1ccc(C2CN(CCC(=O)O)CCO2)cc1.Cl. The summed E-state index contributed by atoms with van der Waals surface area (Å²) in [6.07, 6.45) is 8.30. The van der Waals surface area contributed by atoms with Crippen molar-refractivity contribution in [3.05, 3.63) is 29.8 Å². The van der Waals surface area contributed by atoms with E-state index in [1.54, 1.807) is 0 Å². The topological polar surface area (TPSA) is 49.8 Å². The van der Waals surface area contributed by atoms with Crippen LogP contribution < -0.4 is 0 Å². The first-order chi connectivity index (χ1) is 12.7. The number of unbranched alkanes of at least 4 members (excludes halogenated alkanes) is 5. The molecular weight excluding hydrogens is 382 g/mol. The fourth-order valence-electron chi connectivity index (χ4n) is 3.21. The third-order valence-electron chi connectivity index (χ3n) is 4.81. The Morgan fingerprint density at radius 3 is 2.59 bits per heavy atom. The lowest BCUT2D eigenvalue weighted by atomic mass is 10.1. The molecular formula is C21H34ClNO3S. The average Bonchev–Trinajstić information content (AvgIpc) is 2.66. The maximum atomic E-state index is 10.7.